The summed E-state index contributed by atoms with van der Waals surface area (Å²) in [7, 11) is 0. The van der Waals surface area contributed by atoms with E-state index in [9.17, 15) is 4.79 Å². The van der Waals surface area contributed by atoms with Gasteiger partial charge < -0.3 is 19.7 Å². The van der Waals surface area contributed by atoms with Crippen molar-refractivity contribution in [1.29, 1.82) is 0 Å². The van der Waals surface area contributed by atoms with Crippen LogP contribution in [0.15, 0.2) is 23.0 Å². The maximum atomic E-state index is 12.2. The second-order valence-electron chi connectivity index (χ2n) is 6.11. The van der Waals surface area contributed by atoms with Crippen LogP contribution in [-0.2, 0) is 0 Å². The van der Waals surface area contributed by atoms with Crippen LogP contribution in [0.4, 0.5) is 0 Å². The van der Waals surface area contributed by atoms with Crippen molar-refractivity contribution in [2.45, 2.75) is 45.2 Å². The molecule has 5 heteroatoms. The Bertz CT molecular complexity index is 423. The van der Waals surface area contributed by atoms with Gasteiger partial charge in [0.15, 0.2) is 0 Å². The van der Waals surface area contributed by atoms with E-state index in [1.807, 2.05) is 4.90 Å². The molecule has 5 nitrogen and oxygen atoms in total. The molecule has 118 valence electrons. The maximum absolute atomic E-state index is 12.2. The van der Waals surface area contributed by atoms with Gasteiger partial charge in [-0.3, -0.25) is 4.79 Å². The average molecular weight is 294 g/mol. The molecule has 0 bridgehead atoms. The van der Waals surface area contributed by atoms with Crippen molar-refractivity contribution in [1.82, 2.24) is 10.2 Å². The number of carbonyl (C=O) groups excluding carboxylic acids is 1. The molecule has 0 aromatic carbocycles. The lowest BCUT2D eigenvalue weighted by atomic mass is 9.97. The average Bonchev–Trinajstić information content (AvgIpc) is 3.01. The number of nitrogens with one attached hydrogen (secondary N) is 1. The van der Waals surface area contributed by atoms with Gasteiger partial charge in [-0.25, -0.2) is 0 Å². The fraction of sp³-hybridized carbons (Fsp3) is 0.688. The number of aliphatic hydroxyl groups excluding tert-OH is 1. The number of amides is 1. The zero-order valence-electron chi connectivity index (χ0n) is 12.9. The molecule has 0 aliphatic carbocycles. The molecule has 1 aliphatic rings. The standard InChI is InChI=1S/C16H26N2O3/c1-12(2)15(5-9-19)17-14-3-7-18(8-4-14)16(20)13-6-10-21-11-13/h6,10-12,14-15,17,19H,3-5,7-9H2,1-2H3. The van der Waals surface area contributed by atoms with E-state index in [2.05, 4.69) is 19.2 Å². The van der Waals surface area contributed by atoms with E-state index in [1.165, 1.54) is 12.5 Å². The minimum Gasteiger partial charge on any atom is -0.472 e. The Labute approximate surface area is 126 Å². The number of hydrogen-bond acceptors (Lipinski definition) is 4. The van der Waals surface area contributed by atoms with Crippen molar-refractivity contribution in [3.63, 3.8) is 0 Å². The van der Waals surface area contributed by atoms with E-state index in [4.69, 9.17) is 9.52 Å². The SMILES string of the molecule is CC(C)C(CCO)NC1CCN(C(=O)c2ccoc2)CC1. The summed E-state index contributed by atoms with van der Waals surface area (Å²) >= 11 is 0. The molecule has 21 heavy (non-hydrogen) atoms. The summed E-state index contributed by atoms with van der Waals surface area (Å²) in [6.07, 6.45) is 5.73. The van der Waals surface area contributed by atoms with Crippen LogP contribution in [-0.4, -0.2) is 47.7 Å². The molecule has 0 saturated carbocycles. The molecule has 1 aromatic rings. The summed E-state index contributed by atoms with van der Waals surface area (Å²) in [6.45, 7) is 6.10. The van der Waals surface area contributed by atoms with Crippen LogP contribution in [0.3, 0.4) is 0 Å². The van der Waals surface area contributed by atoms with Crippen molar-refractivity contribution < 1.29 is 14.3 Å². The fourth-order valence-electron chi connectivity index (χ4n) is 2.87. The van der Waals surface area contributed by atoms with E-state index in [-0.39, 0.29) is 12.5 Å². The van der Waals surface area contributed by atoms with Crippen LogP contribution in [0, 0.1) is 5.92 Å². The number of hydrogen-bond donors (Lipinski definition) is 2. The van der Waals surface area contributed by atoms with Crippen molar-refractivity contribution >= 4 is 5.91 Å². The van der Waals surface area contributed by atoms with Crippen LogP contribution >= 0.6 is 0 Å². The first-order valence-electron chi connectivity index (χ1n) is 7.80. The number of rotatable bonds is 6. The quantitative estimate of drug-likeness (QED) is 0.841. The molecule has 1 fully saturated rings. The van der Waals surface area contributed by atoms with Crippen LogP contribution in [0.25, 0.3) is 0 Å². The van der Waals surface area contributed by atoms with Gasteiger partial charge in [-0.05, 0) is 31.2 Å². The molecular weight excluding hydrogens is 268 g/mol. The summed E-state index contributed by atoms with van der Waals surface area (Å²) in [5.74, 6) is 0.556. The Balaban J connectivity index is 1.81. The predicted octanol–water partition coefficient (Wildman–Crippen LogP) is 1.88. The molecule has 1 aromatic heterocycles. The Morgan fingerprint density at radius 2 is 2.19 bits per heavy atom. The summed E-state index contributed by atoms with van der Waals surface area (Å²) in [5, 5.41) is 12.8. The lowest BCUT2D eigenvalue weighted by molar-refractivity contribution is 0.0696. The van der Waals surface area contributed by atoms with Gasteiger partial charge in [0.25, 0.3) is 5.91 Å². The van der Waals surface area contributed by atoms with E-state index < -0.39 is 0 Å². The van der Waals surface area contributed by atoms with Crippen LogP contribution < -0.4 is 5.32 Å². The van der Waals surface area contributed by atoms with Gasteiger partial charge in [-0.1, -0.05) is 13.8 Å². The van der Waals surface area contributed by atoms with Gasteiger partial charge in [0.1, 0.15) is 6.26 Å². The smallest absolute Gasteiger partial charge is 0.257 e. The molecule has 0 radical (unpaired) electrons. The molecule has 1 aliphatic heterocycles. The number of likely N-dealkylation sites (tertiary alicyclic amines) is 1. The lowest BCUT2D eigenvalue weighted by Gasteiger charge is -2.35. The van der Waals surface area contributed by atoms with Crippen LogP contribution in [0.5, 0.6) is 0 Å². The molecule has 2 N–H and O–H groups in total. The van der Waals surface area contributed by atoms with Crippen LogP contribution in [0.1, 0.15) is 43.5 Å². The molecule has 2 rings (SSSR count). The number of nitrogens with zero attached hydrogens (tertiary/aromatic N) is 1. The molecule has 1 atom stereocenters. The van der Waals surface area contributed by atoms with E-state index >= 15 is 0 Å². The highest BCUT2D eigenvalue weighted by Gasteiger charge is 2.26. The first-order chi connectivity index (χ1) is 10.1. The lowest BCUT2D eigenvalue weighted by Crippen LogP contribution is -2.49. The maximum Gasteiger partial charge on any atom is 0.257 e. The summed E-state index contributed by atoms with van der Waals surface area (Å²) in [4.78, 5) is 14.1. The summed E-state index contributed by atoms with van der Waals surface area (Å²) in [5.41, 5.74) is 0.627. The van der Waals surface area contributed by atoms with Crippen LogP contribution in [0.2, 0.25) is 0 Å². The zero-order chi connectivity index (χ0) is 15.2. The third-order valence-electron chi connectivity index (χ3n) is 4.24. The number of piperidine rings is 1. The Kier molecular flexibility index (Phi) is 5.82. The van der Waals surface area contributed by atoms with E-state index in [1.54, 1.807) is 6.07 Å². The first-order valence-corrected chi connectivity index (χ1v) is 7.80. The molecule has 1 saturated heterocycles. The van der Waals surface area contributed by atoms with Crippen molar-refractivity contribution in [2.75, 3.05) is 19.7 Å². The normalized spacial score (nSPS) is 18.2. The minimum absolute atomic E-state index is 0.0537. The highest BCUT2D eigenvalue weighted by molar-refractivity contribution is 5.93. The second-order valence-corrected chi connectivity index (χ2v) is 6.11. The minimum atomic E-state index is 0.0537. The molecule has 1 amide bonds. The first kappa shape index (κ1) is 16.0. The highest BCUT2D eigenvalue weighted by Crippen LogP contribution is 2.16. The van der Waals surface area contributed by atoms with E-state index in [0.29, 0.717) is 23.6 Å². The Hall–Kier alpha value is -1.33. The van der Waals surface area contributed by atoms with E-state index in [0.717, 1.165) is 32.4 Å². The molecule has 2 heterocycles. The van der Waals surface area contributed by atoms with Gasteiger partial charge in [-0.15, -0.1) is 0 Å². The largest absolute Gasteiger partial charge is 0.472 e. The molecular formula is C16H26N2O3. The molecule has 0 spiro atoms. The van der Waals surface area contributed by atoms with Gasteiger partial charge in [0.05, 0.1) is 11.8 Å². The van der Waals surface area contributed by atoms with Crippen molar-refractivity contribution in [2.24, 2.45) is 5.92 Å². The van der Waals surface area contributed by atoms with Gasteiger partial charge in [0.2, 0.25) is 0 Å². The predicted molar refractivity (Wildman–Crippen MR) is 81.1 cm³/mol. The topological polar surface area (TPSA) is 65.7 Å². The van der Waals surface area contributed by atoms with Gasteiger partial charge in [-0.2, -0.15) is 0 Å². The zero-order valence-corrected chi connectivity index (χ0v) is 12.9. The third kappa shape index (κ3) is 4.32. The summed E-state index contributed by atoms with van der Waals surface area (Å²) < 4.78 is 4.97. The second kappa shape index (κ2) is 7.61. The van der Waals surface area contributed by atoms with Gasteiger partial charge in [0, 0.05) is 31.8 Å². The number of aliphatic hydroxyl groups is 1. The Morgan fingerprint density at radius 1 is 1.48 bits per heavy atom. The number of carbonyl (C=O) groups is 1. The molecule has 1 unspecified atom stereocenters. The van der Waals surface area contributed by atoms with Crippen molar-refractivity contribution in [3.05, 3.63) is 24.2 Å². The Morgan fingerprint density at radius 3 is 2.71 bits per heavy atom. The monoisotopic (exact) mass is 294 g/mol. The fourth-order valence-corrected chi connectivity index (χ4v) is 2.87. The third-order valence-corrected chi connectivity index (χ3v) is 4.24. The van der Waals surface area contributed by atoms with Crippen molar-refractivity contribution in [3.8, 4) is 0 Å². The summed E-state index contributed by atoms with van der Waals surface area (Å²) in [6, 6.07) is 2.48. The highest BCUT2D eigenvalue weighted by atomic mass is 16.3. The van der Waals surface area contributed by atoms with Gasteiger partial charge >= 0.3 is 0 Å². The number of furan rings is 1.